The number of rotatable bonds is 4. The van der Waals surface area contributed by atoms with Gasteiger partial charge >= 0.3 is 0 Å². The second-order valence-electron chi connectivity index (χ2n) is 5.72. The van der Waals surface area contributed by atoms with Crippen LogP contribution in [0.4, 0.5) is 0 Å². The minimum absolute atomic E-state index is 0.0418. The van der Waals surface area contributed by atoms with Crippen molar-refractivity contribution in [3.8, 4) is 0 Å². The van der Waals surface area contributed by atoms with Crippen LogP contribution in [0.3, 0.4) is 0 Å². The smallest absolute Gasteiger partial charge is 0.0894 e. The lowest BCUT2D eigenvalue weighted by Gasteiger charge is -2.21. The van der Waals surface area contributed by atoms with Crippen LogP contribution in [0, 0.1) is 17.8 Å². The van der Waals surface area contributed by atoms with Crippen molar-refractivity contribution in [3.63, 3.8) is 0 Å². The van der Waals surface area contributed by atoms with E-state index in [0.717, 1.165) is 11.8 Å². The molecule has 1 saturated carbocycles. The van der Waals surface area contributed by atoms with Gasteiger partial charge in [-0.1, -0.05) is 48.6 Å². The average Bonchev–Trinajstić information content (AvgIpc) is 2.92. The predicted octanol–water partition coefficient (Wildman–Crippen LogP) is 4.05. The number of methoxy groups -OCH3 is 1. The molecule has 1 unspecified atom stereocenters. The first-order valence-electron chi connectivity index (χ1n) is 7.08. The molecule has 0 bridgehead atoms. The Morgan fingerprint density at radius 2 is 2.06 bits per heavy atom. The van der Waals surface area contributed by atoms with E-state index >= 15 is 0 Å². The Bertz CT molecular complexity index is 403. The fourth-order valence-electron chi connectivity index (χ4n) is 3.38. The Hall–Kier alpha value is -1.08. The molecule has 0 aliphatic heterocycles. The van der Waals surface area contributed by atoms with Crippen LogP contribution in [0.15, 0.2) is 48.6 Å². The summed E-state index contributed by atoms with van der Waals surface area (Å²) in [6.45, 7) is 0. The van der Waals surface area contributed by atoms with Crippen molar-refractivity contribution in [1.82, 2.24) is 0 Å². The van der Waals surface area contributed by atoms with Crippen LogP contribution in [-0.2, 0) is 4.74 Å². The van der Waals surface area contributed by atoms with E-state index in [9.17, 15) is 0 Å². The normalized spacial score (nSPS) is 38.9. The SMILES string of the molecule is CO[C@@]1(/C=C/C2C=CC=C2)C[C@H]1C1CC=CCC1. The molecule has 0 spiro atoms. The van der Waals surface area contributed by atoms with Gasteiger partial charge in [-0.25, -0.2) is 0 Å². The zero-order chi connectivity index (χ0) is 12.4. The Balaban J connectivity index is 1.64. The second kappa shape index (κ2) is 4.89. The van der Waals surface area contributed by atoms with E-state index < -0.39 is 0 Å². The van der Waals surface area contributed by atoms with Gasteiger partial charge in [0.05, 0.1) is 5.60 Å². The summed E-state index contributed by atoms with van der Waals surface area (Å²) in [5.41, 5.74) is 0.0418. The highest BCUT2D eigenvalue weighted by Gasteiger charge is 2.55. The van der Waals surface area contributed by atoms with Crippen molar-refractivity contribution in [2.45, 2.75) is 31.3 Å². The molecule has 0 heterocycles. The molecule has 0 saturated heterocycles. The third kappa shape index (κ3) is 2.24. The molecule has 18 heavy (non-hydrogen) atoms. The molecule has 0 radical (unpaired) electrons. The molecule has 3 aliphatic rings. The van der Waals surface area contributed by atoms with Gasteiger partial charge in [0, 0.05) is 13.0 Å². The molecular formula is C17H22O. The van der Waals surface area contributed by atoms with E-state index in [4.69, 9.17) is 4.74 Å². The van der Waals surface area contributed by atoms with E-state index in [0.29, 0.717) is 5.92 Å². The van der Waals surface area contributed by atoms with Gasteiger partial charge < -0.3 is 4.74 Å². The van der Waals surface area contributed by atoms with Crippen LogP contribution < -0.4 is 0 Å². The standard InChI is InChI=1S/C17H22O/c1-18-17(12-11-14-7-5-6-8-14)13-16(17)15-9-3-2-4-10-15/h2-3,5-8,11-12,14-16H,4,9-10,13H2,1H3/b12-11+/t15?,16-,17-/m0/s1. The Kier molecular flexibility index (Phi) is 3.25. The fraction of sp³-hybridized carbons (Fsp3) is 0.529. The summed E-state index contributed by atoms with van der Waals surface area (Å²) in [5.74, 6) is 2.04. The summed E-state index contributed by atoms with van der Waals surface area (Å²) in [5, 5.41) is 0. The Morgan fingerprint density at radius 1 is 1.22 bits per heavy atom. The van der Waals surface area contributed by atoms with Gasteiger partial charge in [-0.3, -0.25) is 0 Å². The van der Waals surface area contributed by atoms with E-state index in [1.807, 2.05) is 7.11 Å². The highest BCUT2D eigenvalue weighted by molar-refractivity contribution is 5.27. The second-order valence-corrected chi connectivity index (χ2v) is 5.72. The van der Waals surface area contributed by atoms with Crippen molar-refractivity contribution in [2.75, 3.05) is 7.11 Å². The van der Waals surface area contributed by atoms with Gasteiger partial charge in [0.25, 0.3) is 0 Å². The van der Waals surface area contributed by atoms with Crippen molar-refractivity contribution in [1.29, 1.82) is 0 Å². The maximum Gasteiger partial charge on any atom is 0.0894 e. The summed E-state index contributed by atoms with van der Waals surface area (Å²) < 4.78 is 5.82. The molecule has 0 aromatic rings. The molecule has 1 fully saturated rings. The van der Waals surface area contributed by atoms with E-state index in [1.165, 1.54) is 25.7 Å². The van der Waals surface area contributed by atoms with E-state index in [2.05, 4.69) is 48.6 Å². The lowest BCUT2D eigenvalue weighted by molar-refractivity contribution is 0.0939. The van der Waals surface area contributed by atoms with Crippen LogP contribution in [-0.4, -0.2) is 12.7 Å². The van der Waals surface area contributed by atoms with Crippen LogP contribution in [0.25, 0.3) is 0 Å². The van der Waals surface area contributed by atoms with Crippen LogP contribution in [0.5, 0.6) is 0 Å². The van der Waals surface area contributed by atoms with E-state index in [1.54, 1.807) is 0 Å². The highest BCUT2D eigenvalue weighted by Crippen LogP contribution is 2.55. The lowest BCUT2D eigenvalue weighted by atomic mass is 9.88. The molecule has 1 nitrogen and oxygen atoms in total. The van der Waals surface area contributed by atoms with Crippen LogP contribution in [0.1, 0.15) is 25.7 Å². The molecule has 0 aromatic heterocycles. The summed E-state index contributed by atoms with van der Waals surface area (Å²) in [6.07, 6.45) is 23.0. The predicted molar refractivity (Wildman–Crippen MR) is 75.2 cm³/mol. The first-order chi connectivity index (χ1) is 8.84. The zero-order valence-electron chi connectivity index (χ0n) is 11.1. The van der Waals surface area contributed by atoms with Gasteiger partial charge in [-0.2, -0.15) is 0 Å². The molecular weight excluding hydrogens is 220 g/mol. The number of ether oxygens (including phenoxy) is 1. The molecule has 3 atom stereocenters. The van der Waals surface area contributed by atoms with Gasteiger partial charge in [0.1, 0.15) is 0 Å². The number of hydrogen-bond donors (Lipinski definition) is 0. The largest absolute Gasteiger partial charge is 0.374 e. The van der Waals surface area contributed by atoms with Gasteiger partial charge in [0.15, 0.2) is 0 Å². The molecule has 3 rings (SSSR count). The fourth-order valence-corrected chi connectivity index (χ4v) is 3.38. The van der Waals surface area contributed by atoms with Gasteiger partial charge in [0.2, 0.25) is 0 Å². The third-order valence-corrected chi connectivity index (χ3v) is 4.64. The van der Waals surface area contributed by atoms with Crippen molar-refractivity contribution in [3.05, 3.63) is 48.6 Å². The van der Waals surface area contributed by atoms with Crippen molar-refractivity contribution < 1.29 is 4.74 Å². The quantitative estimate of drug-likeness (QED) is 0.676. The Morgan fingerprint density at radius 3 is 2.72 bits per heavy atom. The first kappa shape index (κ1) is 12.0. The Labute approximate surface area is 110 Å². The topological polar surface area (TPSA) is 9.23 Å². The summed E-state index contributed by atoms with van der Waals surface area (Å²) in [6, 6.07) is 0. The van der Waals surface area contributed by atoms with Gasteiger partial charge in [-0.15, -0.1) is 0 Å². The molecule has 96 valence electrons. The average molecular weight is 242 g/mol. The maximum absolute atomic E-state index is 5.82. The third-order valence-electron chi connectivity index (χ3n) is 4.64. The van der Waals surface area contributed by atoms with E-state index in [-0.39, 0.29) is 5.60 Å². The van der Waals surface area contributed by atoms with Gasteiger partial charge in [-0.05, 0) is 37.5 Å². The number of hydrogen-bond acceptors (Lipinski definition) is 1. The van der Waals surface area contributed by atoms with Crippen molar-refractivity contribution >= 4 is 0 Å². The lowest BCUT2D eigenvalue weighted by Crippen LogP contribution is -2.18. The van der Waals surface area contributed by atoms with Crippen molar-refractivity contribution in [2.24, 2.45) is 17.8 Å². The molecule has 0 amide bonds. The molecule has 0 N–H and O–H groups in total. The molecule has 0 aromatic carbocycles. The summed E-state index contributed by atoms with van der Waals surface area (Å²) in [7, 11) is 1.86. The molecule has 3 aliphatic carbocycles. The summed E-state index contributed by atoms with van der Waals surface area (Å²) >= 11 is 0. The minimum Gasteiger partial charge on any atom is -0.374 e. The summed E-state index contributed by atoms with van der Waals surface area (Å²) in [4.78, 5) is 0. The monoisotopic (exact) mass is 242 g/mol. The maximum atomic E-state index is 5.82. The number of allylic oxidation sites excluding steroid dienone is 7. The molecule has 1 heteroatoms. The van der Waals surface area contributed by atoms with Crippen LogP contribution >= 0.6 is 0 Å². The minimum atomic E-state index is 0.0418. The zero-order valence-corrected chi connectivity index (χ0v) is 11.1. The first-order valence-corrected chi connectivity index (χ1v) is 7.08. The highest BCUT2D eigenvalue weighted by atomic mass is 16.5. The van der Waals surface area contributed by atoms with Crippen LogP contribution in [0.2, 0.25) is 0 Å².